The average molecular weight is 435 g/mol. The first-order chi connectivity index (χ1) is 12.9. The lowest BCUT2D eigenvalue weighted by Crippen LogP contribution is -2.45. The number of fused-ring (bicyclic) bond motifs is 1. The maximum absolute atomic E-state index is 13.3. The number of amides is 3. The topological polar surface area (TPSA) is 67.9 Å². The lowest BCUT2D eigenvalue weighted by atomic mass is 9.92. The van der Waals surface area contributed by atoms with Crippen LogP contribution in [0.5, 0.6) is 11.5 Å². The second-order valence-corrected chi connectivity index (χ2v) is 7.61. The molecule has 2 aromatic carbocycles. The summed E-state index contributed by atoms with van der Waals surface area (Å²) in [5.41, 5.74) is 0.421. The molecular weight excluding hydrogens is 419 g/mol. The van der Waals surface area contributed by atoms with Gasteiger partial charge >= 0.3 is 6.03 Å². The number of urea groups is 1. The maximum atomic E-state index is 13.3. The number of carbonyl (C=O) groups excluding carboxylic acids is 2. The van der Waals surface area contributed by atoms with Crippen molar-refractivity contribution in [3.05, 3.63) is 57.8 Å². The summed E-state index contributed by atoms with van der Waals surface area (Å²) in [6, 6.07) is 9.12. The van der Waals surface area contributed by atoms with Gasteiger partial charge in [0, 0.05) is 10.9 Å². The van der Waals surface area contributed by atoms with Crippen molar-refractivity contribution in [1.29, 1.82) is 0 Å². The number of imide groups is 1. The molecule has 6 nitrogen and oxygen atoms in total. The fourth-order valence-electron chi connectivity index (χ4n) is 3.29. The summed E-state index contributed by atoms with van der Waals surface area (Å²) in [7, 11) is 0. The molecule has 2 aliphatic heterocycles. The Bertz CT molecular complexity index is 951. The first-order valence-electron chi connectivity index (χ1n) is 8.32. The van der Waals surface area contributed by atoms with Gasteiger partial charge in [0.15, 0.2) is 11.5 Å². The van der Waals surface area contributed by atoms with Crippen molar-refractivity contribution in [3.63, 3.8) is 0 Å². The molecule has 0 bridgehead atoms. The zero-order valence-corrected chi connectivity index (χ0v) is 16.0. The molecule has 3 amide bonds. The van der Waals surface area contributed by atoms with E-state index in [9.17, 15) is 14.0 Å². The van der Waals surface area contributed by atoms with E-state index in [1.54, 1.807) is 19.1 Å². The van der Waals surface area contributed by atoms with Crippen LogP contribution in [0.2, 0.25) is 0 Å². The molecule has 2 heterocycles. The SMILES string of the molecule is CC1(Cc2ccc3c(c2)OCO3)NC(=O)N(Cc2ccc(F)cc2Br)C1=O. The Balaban J connectivity index is 1.54. The van der Waals surface area contributed by atoms with Gasteiger partial charge < -0.3 is 14.8 Å². The fraction of sp³-hybridized carbons (Fsp3) is 0.263. The van der Waals surface area contributed by atoms with Gasteiger partial charge in [0.2, 0.25) is 6.79 Å². The van der Waals surface area contributed by atoms with Gasteiger partial charge in [-0.3, -0.25) is 9.69 Å². The highest BCUT2D eigenvalue weighted by Gasteiger charge is 2.47. The van der Waals surface area contributed by atoms with Gasteiger partial charge in [-0.25, -0.2) is 9.18 Å². The van der Waals surface area contributed by atoms with Crippen LogP contribution in [-0.2, 0) is 17.8 Å². The standard InChI is InChI=1S/C19H16BrFN2O4/c1-19(8-11-2-5-15-16(6-11)27-10-26-15)17(24)23(18(25)22-19)9-12-3-4-13(21)7-14(12)20/h2-7H,8-10H2,1H3,(H,22,25). The number of nitrogens with zero attached hydrogens (tertiary/aromatic N) is 1. The number of benzene rings is 2. The average Bonchev–Trinajstić information content (AvgIpc) is 3.15. The number of hydrogen-bond donors (Lipinski definition) is 1. The van der Waals surface area contributed by atoms with E-state index in [0.717, 1.165) is 10.5 Å². The van der Waals surface area contributed by atoms with E-state index in [2.05, 4.69) is 21.2 Å². The van der Waals surface area contributed by atoms with Crippen molar-refractivity contribution in [1.82, 2.24) is 10.2 Å². The summed E-state index contributed by atoms with van der Waals surface area (Å²) in [5.74, 6) is 0.560. The van der Waals surface area contributed by atoms with Crippen LogP contribution in [0.15, 0.2) is 40.9 Å². The third kappa shape index (κ3) is 3.25. The molecule has 27 heavy (non-hydrogen) atoms. The third-order valence-electron chi connectivity index (χ3n) is 4.68. The van der Waals surface area contributed by atoms with E-state index in [4.69, 9.17) is 9.47 Å². The van der Waals surface area contributed by atoms with Crippen molar-refractivity contribution in [2.24, 2.45) is 0 Å². The molecule has 2 aliphatic rings. The minimum atomic E-state index is -1.07. The minimum absolute atomic E-state index is 0.0578. The molecule has 1 atom stereocenters. The molecule has 8 heteroatoms. The third-order valence-corrected chi connectivity index (χ3v) is 5.42. The Labute approximate surface area is 163 Å². The van der Waals surface area contributed by atoms with E-state index in [1.165, 1.54) is 12.1 Å². The second-order valence-electron chi connectivity index (χ2n) is 6.75. The second kappa shape index (κ2) is 6.53. The van der Waals surface area contributed by atoms with Crippen LogP contribution in [-0.4, -0.2) is 29.2 Å². The zero-order chi connectivity index (χ0) is 19.2. The molecule has 1 saturated heterocycles. The van der Waals surface area contributed by atoms with Crippen LogP contribution in [0.3, 0.4) is 0 Å². The minimum Gasteiger partial charge on any atom is -0.454 e. The predicted molar refractivity (Wildman–Crippen MR) is 97.9 cm³/mol. The van der Waals surface area contributed by atoms with E-state index >= 15 is 0 Å². The zero-order valence-electron chi connectivity index (χ0n) is 14.4. The summed E-state index contributed by atoms with van der Waals surface area (Å²) in [5, 5.41) is 2.77. The van der Waals surface area contributed by atoms with Crippen LogP contribution in [0.4, 0.5) is 9.18 Å². The molecule has 0 aromatic heterocycles. The lowest BCUT2D eigenvalue weighted by molar-refractivity contribution is -0.131. The van der Waals surface area contributed by atoms with Gasteiger partial charge in [-0.1, -0.05) is 28.1 Å². The van der Waals surface area contributed by atoms with Gasteiger partial charge in [-0.2, -0.15) is 0 Å². The number of hydrogen-bond acceptors (Lipinski definition) is 4. The molecule has 0 radical (unpaired) electrons. The predicted octanol–water partition coefficient (Wildman–Crippen LogP) is 3.37. The van der Waals surface area contributed by atoms with Crippen molar-refractivity contribution < 1.29 is 23.5 Å². The number of rotatable bonds is 4. The highest BCUT2D eigenvalue weighted by Crippen LogP contribution is 2.34. The normalized spacial score (nSPS) is 20.9. The smallest absolute Gasteiger partial charge is 0.325 e. The van der Waals surface area contributed by atoms with Crippen LogP contribution in [0.25, 0.3) is 0 Å². The van der Waals surface area contributed by atoms with Gasteiger partial charge in [0.1, 0.15) is 11.4 Å². The molecule has 1 fully saturated rings. The number of carbonyl (C=O) groups is 2. The fourth-order valence-corrected chi connectivity index (χ4v) is 3.77. The number of ether oxygens (including phenoxy) is 2. The monoisotopic (exact) mass is 434 g/mol. The van der Waals surface area contributed by atoms with Crippen LogP contribution in [0.1, 0.15) is 18.1 Å². The first kappa shape index (κ1) is 17.8. The van der Waals surface area contributed by atoms with Crippen LogP contribution >= 0.6 is 15.9 Å². The molecular formula is C19H16BrFN2O4. The Morgan fingerprint density at radius 3 is 2.74 bits per heavy atom. The summed E-state index contributed by atoms with van der Waals surface area (Å²) in [6.45, 7) is 1.92. The maximum Gasteiger partial charge on any atom is 0.325 e. The van der Waals surface area contributed by atoms with Crippen molar-refractivity contribution in [3.8, 4) is 11.5 Å². The Morgan fingerprint density at radius 1 is 1.19 bits per heavy atom. The lowest BCUT2D eigenvalue weighted by Gasteiger charge is -2.22. The molecule has 0 aliphatic carbocycles. The molecule has 1 unspecified atom stereocenters. The molecule has 0 saturated carbocycles. The Hall–Kier alpha value is -2.61. The summed E-state index contributed by atoms with van der Waals surface area (Å²) in [6.07, 6.45) is 0.315. The molecule has 1 N–H and O–H groups in total. The van der Waals surface area contributed by atoms with Gasteiger partial charge in [-0.05, 0) is 42.3 Å². The highest BCUT2D eigenvalue weighted by atomic mass is 79.9. The summed E-state index contributed by atoms with van der Waals surface area (Å²) in [4.78, 5) is 26.5. The van der Waals surface area contributed by atoms with Crippen molar-refractivity contribution in [2.45, 2.75) is 25.4 Å². The number of halogens is 2. The highest BCUT2D eigenvalue weighted by molar-refractivity contribution is 9.10. The number of nitrogens with one attached hydrogen (secondary N) is 1. The first-order valence-corrected chi connectivity index (χ1v) is 9.11. The van der Waals surface area contributed by atoms with Gasteiger partial charge in [0.25, 0.3) is 5.91 Å². The van der Waals surface area contributed by atoms with Crippen LogP contribution < -0.4 is 14.8 Å². The van der Waals surface area contributed by atoms with Gasteiger partial charge in [-0.15, -0.1) is 0 Å². The van der Waals surface area contributed by atoms with Crippen molar-refractivity contribution in [2.75, 3.05) is 6.79 Å². The molecule has 4 rings (SSSR count). The largest absolute Gasteiger partial charge is 0.454 e. The van der Waals surface area contributed by atoms with E-state index in [0.29, 0.717) is 28.0 Å². The molecule has 2 aromatic rings. The molecule has 140 valence electrons. The van der Waals surface area contributed by atoms with E-state index in [-0.39, 0.29) is 19.2 Å². The van der Waals surface area contributed by atoms with Crippen molar-refractivity contribution >= 4 is 27.9 Å². The van der Waals surface area contributed by atoms with Crippen LogP contribution in [0, 0.1) is 5.82 Å². The molecule has 0 spiro atoms. The van der Waals surface area contributed by atoms with Gasteiger partial charge in [0.05, 0.1) is 6.54 Å². The Morgan fingerprint density at radius 2 is 1.96 bits per heavy atom. The Kier molecular flexibility index (Phi) is 4.30. The summed E-state index contributed by atoms with van der Waals surface area (Å²) < 4.78 is 24.4. The summed E-state index contributed by atoms with van der Waals surface area (Å²) >= 11 is 3.27. The quantitative estimate of drug-likeness (QED) is 0.749. The van der Waals surface area contributed by atoms with E-state index < -0.39 is 17.4 Å². The van der Waals surface area contributed by atoms with E-state index in [1.807, 2.05) is 12.1 Å².